The number of aromatic amines is 1. The minimum absolute atomic E-state index is 0.0408. The van der Waals surface area contributed by atoms with Crippen molar-refractivity contribution in [3.05, 3.63) is 18.2 Å². The van der Waals surface area contributed by atoms with E-state index in [0.29, 0.717) is 12.3 Å². The summed E-state index contributed by atoms with van der Waals surface area (Å²) in [6, 6.07) is -0.612. The van der Waals surface area contributed by atoms with E-state index in [-0.39, 0.29) is 12.1 Å². The Morgan fingerprint density at radius 2 is 2.39 bits per heavy atom. The highest BCUT2D eigenvalue weighted by Crippen LogP contribution is 2.26. The average Bonchev–Trinajstić information content (AvgIpc) is 2.84. The number of carbonyl (C=O) groups excluding carboxylic acids is 1. The monoisotopic (exact) mass is 251 g/mol. The number of rotatable bonds is 4. The maximum Gasteiger partial charge on any atom is 0.323 e. The zero-order valence-electron chi connectivity index (χ0n) is 10.8. The average molecular weight is 251 g/mol. The molecule has 1 aliphatic carbocycles. The third-order valence-electron chi connectivity index (χ3n) is 3.60. The predicted octanol–water partition coefficient (Wildman–Crippen LogP) is 1.40. The number of hydrogen-bond donors (Lipinski definition) is 2. The molecule has 18 heavy (non-hydrogen) atoms. The first kappa shape index (κ1) is 13.1. The molecule has 0 radical (unpaired) electrons. The van der Waals surface area contributed by atoms with E-state index >= 15 is 0 Å². The van der Waals surface area contributed by atoms with Crippen molar-refractivity contribution in [3.8, 4) is 0 Å². The van der Waals surface area contributed by atoms with Gasteiger partial charge in [-0.2, -0.15) is 0 Å². The number of ether oxygens (including phenoxy) is 1. The van der Waals surface area contributed by atoms with Gasteiger partial charge in [-0.15, -0.1) is 0 Å². The molecular weight excluding hydrogens is 230 g/mol. The molecule has 1 fully saturated rings. The quantitative estimate of drug-likeness (QED) is 0.793. The third kappa shape index (κ3) is 3.32. The largest absolute Gasteiger partial charge is 0.461 e. The first-order valence-corrected chi connectivity index (χ1v) is 6.60. The number of carbonyl (C=O) groups is 1. The molecule has 2 unspecified atom stereocenters. The van der Waals surface area contributed by atoms with Crippen molar-refractivity contribution >= 4 is 5.97 Å². The van der Waals surface area contributed by atoms with Gasteiger partial charge in [0.15, 0.2) is 0 Å². The van der Waals surface area contributed by atoms with Crippen LogP contribution in [0.5, 0.6) is 0 Å². The lowest BCUT2D eigenvalue weighted by atomic mass is 9.88. The minimum Gasteiger partial charge on any atom is -0.461 e. The summed E-state index contributed by atoms with van der Waals surface area (Å²) in [4.78, 5) is 18.7. The summed E-state index contributed by atoms with van der Waals surface area (Å²) in [5, 5.41) is 0. The van der Waals surface area contributed by atoms with Crippen molar-refractivity contribution in [2.24, 2.45) is 11.7 Å². The van der Waals surface area contributed by atoms with E-state index in [1.165, 1.54) is 6.42 Å². The minimum atomic E-state index is -0.612. The van der Waals surface area contributed by atoms with Gasteiger partial charge in [0.05, 0.1) is 6.33 Å². The second kappa shape index (κ2) is 6.00. The number of nitrogens with two attached hydrogens (primary N) is 1. The molecule has 0 aromatic carbocycles. The van der Waals surface area contributed by atoms with Crippen molar-refractivity contribution < 1.29 is 9.53 Å². The topological polar surface area (TPSA) is 81.0 Å². The molecule has 5 heteroatoms. The second-order valence-electron chi connectivity index (χ2n) is 5.12. The number of esters is 1. The van der Waals surface area contributed by atoms with Crippen LogP contribution < -0.4 is 5.73 Å². The third-order valence-corrected chi connectivity index (χ3v) is 3.60. The highest BCUT2D eigenvalue weighted by atomic mass is 16.5. The number of aromatic nitrogens is 2. The molecule has 1 aromatic rings. The van der Waals surface area contributed by atoms with Gasteiger partial charge in [-0.05, 0) is 25.2 Å². The summed E-state index contributed by atoms with van der Waals surface area (Å²) in [5.41, 5.74) is 6.71. The van der Waals surface area contributed by atoms with Crippen LogP contribution >= 0.6 is 0 Å². The van der Waals surface area contributed by atoms with Crippen molar-refractivity contribution in [1.82, 2.24) is 9.97 Å². The fourth-order valence-corrected chi connectivity index (χ4v) is 2.41. The van der Waals surface area contributed by atoms with Crippen LogP contribution in [-0.2, 0) is 16.0 Å². The molecule has 0 aliphatic heterocycles. The molecule has 1 aliphatic rings. The molecule has 100 valence electrons. The molecule has 0 amide bonds. The molecule has 1 aromatic heterocycles. The lowest BCUT2D eigenvalue weighted by molar-refractivity contribution is -0.154. The van der Waals surface area contributed by atoms with Crippen LogP contribution in [-0.4, -0.2) is 28.1 Å². The van der Waals surface area contributed by atoms with Gasteiger partial charge in [0.2, 0.25) is 0 Å². The van der Waals surface area contributed by atoms with Crippen LogP contribution in [0.3, 0.4) is 0 Å². The lowest BCUT2D eigenvalue weighted by Crippen LogP contribution is -2.39. The fourth-order valence-electron chi connectivity index (χ4n) is 2.41. The maximum atomic E-state index is 11.9. The first-order chi connectivity index (χ1) is 8.66. The molecule has 0 spiro atoms. The van der Waals surface area contributed by atoms with Crippen molar-refractivity contribution in [2.75, 3.05) is 0 Å². The van der Waals surface area contributed by atoms with Gasteiger partial charge in [0.1, 0.15) is 12.1 Å². The van der Waals surface area contributed by atoms with E-state index in [1.54, 1.807) is 12.5 Å². The van der Waals surface area contributed by atoms with Crippen molar-refractivity contribution in [1.29, 1.82) is 0 Å². The van der Waals surface area contributed by atoms with Crippen molar-refractivity contribution in [2.45, 2.75) is 51.2 Å². The molecule has 0 saturated heterocycles. The predicted molar refractivity (Wildman–Crippen MR) is 67.8 cm³/mol. The van der Waals surface area contributed by atoms with Gasteiger partial charge in [-0.25, -0.2) is 4.98 Å². The van der Waals surface area contributed by atoms with E-state index in [0.717, 1.165) is 25.0 Å². The zero-order chi connectivity index (χ0) is 13.0. The number of nitrogens with zero attached hydrogens (tertiary/aromatic N) is 1. The Kier molecular flexibility index (Phi) is 4.36. The van der Waals surface area contributed by atoms with E-state index in [4.69, 9.17) is 10.5 Å². The van der Waals surface area contributed by atoms with E-state index in [9.17, 15) is 4.79 Å². The fraction of sp³-hybridized carbons (Fsp3) is 0.692. The molecule has 3 atom stereocenters. The van der Waals surface area contributed by atoms with Crippen LogP contribution in [0.1, 0.15) is 38.3 Å². The Hall–Kier alpha value is -1.36. The van der Waals surface area contributed by atoms with Crippen molar-refractivity contribution in [3.63, 3.8) is 0 Å². The Morgan fingerprint density at radius 1 is 1.61 bits per heavy atom. The lowest BCUT2D eigenvalue weighted by Gasteiger charge is -2.29. The van der Waals surface area contributed by atoms with Gasteiger partial charge >= 0.3 is 5.97 Å². The van der Waals surface area contributed by atoms with Crippen LogP contribution in [0.25, 0.3) is 0 Å². The SMILES string of the molecule is CC1CCCCC1OC(=O)[C@@H](N)Cc1cnc[nH]1. The Morgan fingerprint density at radius 3 is 3.06 bits per heavy atom. The standard InChI is InChI=1S/C13H21N3O2/c1-9-4-2-3-5-12(9)18-13(17)11(14)6-10-7-15-8-16-10/h7-9,11-12H,2-6,14H2,1H3,(H,15,16)/t9?,11-,12?/m0/s1. The highest BCUT2D eigenvalue weighted by Gasteiger charge is 2.27. The van der Waals surface area contributed by atoms with Crippen LogP contribution in [0.4, 0.5) is 0 Å². The summed E-state index contributed by atoms with van der Waals surface area (Å²) in [6.07, 6.45) is 8.21. The Balaban J connectivity index is 1.83. The van der Waals surface area contributed by atoms with E-state index in [1.807, 2.05) is 0 Å². The summed E-state index contributed by atoms with van der Waals surface area (Å²) in [6.45, 7) is 2.14. The van der Waals surface area contributed by atoms with Gasteiger partial charge in [-0.3, -0.25) is 4.79 Å². The van der Waals surface area contributed by atoms with E-state index < -0.39 is 6.04 Å². The number of nitrogens with one attached hydrogen (secondary N) is 1. The molecular formula is C13H21N3O2. The zero-order valence-corrected chi connectivity index (χ0v) is 10.8. The Labute approximate surface area is 107 Å². The maximum absolute atomic E-state index is 11.9. The first-order valence-electron chi connectivity index (χ1n) is 6.60. The Bertz CT molecular complexity index is 378. The molecule has 2 rings (SSSR count). The van der Waals surface area contributed by atoms with Gasteiger partial charge in [0, 0.05) is 18.3 Å². The van der Waals surface area contributed by atoms with Gasteiger partial charge < -0.3 is 15.5 Å². The van der Waals surface area contributed by atoms with Gasteiger partial charge in [0.25, 0.3) is 0 Å². The molecule has 5 nitrogen and oxygen atoms in total. The van der Waals surface area contributed by atoms with Crippen LogP contribution in [0.2, 0.25) is 0 Å². The molecule has 0 bridgehead atoms. The summed E-state index contributed by atoms with van der Waals surface area (Å²) >= 11 is 0. The normalized spacial score (nSPS) is 25.7. The summed E-state index contributed by atoms with van der Waals surface area (Å²) in [7, 11) is 0. The smallest absolute Gasteiger partial charge is 0.323 e. The van der Waals surface area contributed by atoms with E-state index in [2.05, 4.69) is 16.9 Å². The number of hydrogen-bond acceptors (Lipinski definition) is 4. The highest BCUT2D eigenvalue weighted by molar-refractivity contribution is 5.76. The molecule has 1 saturated carbocycles. The summed E-state index contributed by atoms with van der Waals surface area (Å²) in [5.74, 6) is 0.144. The molecule has 1 heterocycles. The second-order valence-corrected chi connectivity index (χ2v) is 5.12. The van der Waals surface area contributed by atoms with Crippen LogP contribution in [0, 0.1) is 5.92 Å². The summed E-state index contributed by atoms with van der Waals surface area (Å²) < 4.78 is 5.52. The number of H-pyrrole nitrogens is 1. The van der Waals surface area contributed by atoms with Gasteiger partial charge in [-0.1, -0.05) is 13.3 Å². The molecule has 3 N–H and O–H groups in total. The number of imidazole rings is 1. The van der Waals surface area contributed by atoms with Crippen LogP contribution in [0.15, 0.2) is 12.5 Å².